The zero-order valence-corrected chi connectivity index (χ0v) is 35.0. The van der Waals surface area contributed by atoms with Gasteiger partial charge in [0, 0.05) is 4.47 Å². The molecule has 3 fully saturated rings. The van der Waals surface area contributed by atoms with Crippen molar-refractivity contribution in [3.63, 3.8) is 0 Å². The van der Waals surface area contributed by atoms with Crippen molar-refractivity contribution in [3.8, 4) is 23.6 Å². The quantitative estimate of drug-likeness (QED) is 0.206. The number of ether oxygens (including phenoxy) is 2. The molecule has 0 amide bonds. The molecule has 0 unspecified atom stereocenters. The lowest BCUT2D eigenvalue weighted by atomic mass is 9.49. The first kappa shape index (κ1) is 47.4. The van der Waals surface area contributed by atoms with E-state index in [0.717, 1.165) is 0 Å². The molecular weight excluding hydrogens is 815 g/mol. The molecule has 0 bridgehead atoms. The van der Waals surface area contributed by atoms with E-state index in [4.69, 9.17) is 38.4 Å². The molecule has 2 aromatic rings. The molecule has 5 rings (SSSR count). The van der Waals surface area contributed by atoms with E-state index in [1.165, 1.54) is 36.4 Å². The summed E-state index contributed by atoms with van der Waals surface area (Å²) < 4.78 is 116. The highest BCUT2D eigenvalue weighted by molar-refractivity contribution is 9.10. The summed E-state index contributed by atoms with van der Waals surface area (Å²) in [4.78, 5) is 0. The first-order valence-electron chi connectivity index (χ1n) is 17.5. The van der Waals surface area contributed by atoms with Crippen LogP contribution in [0.1, 0.15) is 94.2 Å². The summed E-state index contributed by atoms with van der Waals surface area (Å²) >= 11 is 3.12. The SMILES string of the molecule is CC1(C)OB(B2OC(C)(C)C(C)(C)O2)OC1(C)C.CC1(C)OB(c2ccc(OC(F)(F)F)cc2CC#N)OC1(C)C.N#CCc1cc(OC(F)(F)F)ccc1Br. The van der Waals surface area contributed by atoms with Gasteiger partial charge in [0.2, 0.25) is 0 Å². The number of nitriles is 2. The Bertz CT molecular complexity index is 1710. The van der Waals surface area contributed by atoms with Crippen molar-refractivity contribution in [3.05, 3.63) is 52.0 Å². The molecule has 0 aliphatic carbocycles. The summed E-state index contributed by atoms with van der Waals surface area (Å²) in [5.41, 5.74) is -1.23. The van der Waals surface area contributed by atoms with Crippen LogP contribution in [0.15, 0.2) is 40.9 Å². The van der Waals surface area contributed by atoms with Crippen molar-refractivity contribution >= 4 is 42.5 Å². The largest absolute Gasteiger partial charge is 0.573 e. The molecular formula is C36H46B3BrF6N2O8. The van der Waals surface area contributed by atoms with Crippen molar-refractivity contribution in [1.29, 1.82) is 10.5 Å². The van der Waals surface area contributed by atoms with Gasteiger partial charge in [0.15, 0.2) is 0 Å². The fourth-order valence-corrected chi connectivity index (χ4v) is 5.57. The predicted octanol–water partition coefficient (Wildman–Crippen LogP) is 8.61. The maximum Gasteiger partial charge on any atom is 0.573 e. The van der Waals surface area contributed by atoms with E-state index in [2.05, 4.69) is 25.4 Å². The van der Waals surface area contributed by atoms with E-state index in [9.17, 15) is 26.3 Å². The Morgan fingerprint density at radius 1 is 0.554 bits per heavy atom. The van der Waals surface area contributed by atoms with Crippen LogP contribution in [0, 0.1) is 22.7 Å². The van der Waals surface area contributed by atoms with E-state index >= 15 is 0 Å². The van der Waals surface area contributed by atoms with Crippen molar-refractivity contribution in [2.75, 3.05) is 0 Å². The van der Waals surface area contributed by atoms with Gasteiger partial charge in [-0.05, 0) is 130 Å². The minimum atomic E-state index is -4.78. The summed E-state index contributed by atoms with van der Waals surface area (Å²) in [5, 5.41) is 17.4. The van der Waals surface area contributed by atoms with Gasteiger partial charge in [0.1, 0.15) is 11.5 Å². The van der Waals surface area contributed by atoms with Crippen LogP contribution in [0.2, 0.25) is 0 Å². The fourth-order valence-electron chi connectivity index (χ4n) is 5.19. The minimum absolute atomic E-state index is 0.0235. The Morgan fingerprint density at radius 3 is 1.23 bits per heavy atom. The number of alkyl halides is 6. The van der Waals surface area contributed by atoms with E-state index in [-0.39, 0.29) is 46.7 Å². The normalized spacial score (nSPS) is 21.2. The second kappa shape index (κ2) is 16.7. The predicted molar refractivity (Wildman–Crippen MR) is 200 cm³/mol. The van der Waals surface area contributed by atoms with E-state index in [0.29, 0.717) is 21.1 Å². The molecule has 3 saturated heterocycles. The van der Waals surface area contributed by atoms with Crippen LogP contribution < -0.4 is 14.9 Å². The molecule has 0 spiro atoms. The topological polar surface area (TPSA) is 121 Å². The summed E-state index contributed by atoms with van der Waals surface area (Å²) in [6.07, 6.45) is -9.54. The van der Waals surface area contributed by atoms with Crippen LogP contribution in [-0.2, 0) is 40.8 Å². The van der Waals surface area contributed by atoms with Crippen molar-refractivity contribution in [1.82, 2.24) is 0 Å². The highest BCUT2D eigenvalue weighted by Gasteiger charge is 2.63. The smallest absolute Gasteiger partial charge is 0.406 e. The zero-order chi connectivity index (χ0) is 42.9. The highest BCUT2D eigenvalue weighted by atomic mass is 79.9. The molecule has 2 aromatic carbocycles. The average molecular weight is 861 g/mol. The monoisotopic (exact) mass is 860 g/mol. The van der Waals surface area contributed by atoms with Crippen molar-refractivity contribution < 1.29 is 63.7 Å². The van der Waals surface area contributed by atoms with Crippen LogP contribution in [-0.4, -0.2) is 67.5 Å². The molecule has 3 heterocycles. The second-order valence-electron chi connectivity index (χ2n) is 16.2. The van der Waals surface area contributed by atoms with Gasteiger partial charge in [-0.15, -0.1) is 26.3 Å². The van der Waals surface area contributed by atoms with Gasteiger partial charge in [-0.25, -0.2) is 0 Å². The van der Waals surface area contributed by atoms with Crippen LogP contribution in [0.4, 0.5) is 26.3 Å². The number of benzene rings is 2. The third kappa shape index (κ3) is 11.8. The molecule has 0 N–H and O–H groups in total. The summed E-state index contributed by atoms with van der Waals surface area (Å²) in [6, 6.07) is 11.4. The van der Waals surface area contributed by atoms with Gasteiger partial charge in [-0.1, -0.05) is 22.0 Å². The maximum atomic E-state index is 12.3. The molecule has 306 valence electrons. The van der Waals surface area contributed by atoms with Crippen LogP contribution in [0.3, 0.4) is 0 Å². The standard InChI is InChI=1S/C15H17BF3NO3.C12H24B2O4.C9H5BrF3NO/c1-13(2)14(3,4)23-16(22-13)12-6-5-11(21-15(17,18)19)9-10(12)7-8-20;1-9(2)10(3,4)16-13(15-9)14-17-11(5,6)12(7,8)18-14;10-8-2-1-7(15-9(11,12)13)5-6(8)3-4-14/h5-6,9H,7H2,1-4H3;1-8H3;1-2,5H,3H2. The van der Waals surface area contributed by atoms with Gasteiger partial charge < -0.3 is 37.4 Å². The van der Waals surface area contributed by atoms with Crippen molar-refractivity contribution in [2.45, 2.75) is 142 Å². The van der Waals surface area contributed by atoms with Gasteiger partial charge in [0.05, 0.1) is 58.6 Å². The lowest BCUT2D eigenvalue weighted by molar-refractivity contribution is -0.275. The number of nitrogens with zero attached hydrogens (tertiary/aromatic N) is 2. The highest BCUT2D eigenvalue weighted by Crippen LogP contribution is 2.43. The third-order valence-corrected chi connectivity index (χ3v) is 11.2. The van der Waals surface area contributed by atoms with Crippen LogP contribution in [0.5, 0.6) is 11.5 Å². The van der Waals surface area contributed by atoms with Gasteiger partial charge >= 0.3 is 33.9 Å². The summed E-state index contributed by atoms with van der Waals surface area (Å²) in [5.74, 6) is -0.695. The first-order valence-corrected chi connectivity index (χ1v) is 18.3. The van der Waals surface area contributed by atoms with Crippen LogP contribution in [0.25, 0.3) is 0 Å². The lowest BCUT2D eigenvalue weighted by Crippen LogP contribution is -2.41. The second-order valence-corrected chi connectivity index (χ2v) is 17.1. The molecule has 10 nitrogen and oxygen atoms in total. The molecule has 0 aromatic heterocycles. The molecule has 3 aliphatic rings. The third-order valence-electron chi connectivity index (χ3n) is 10.4. The maximum absolute atomic E-state index is 12.3. The van der Waals surface area contributed by atoms with E-state index < -0.39 is 45.1 Å². The molecule has 56 heavy (non-hydrogen) atoms. The number of halogens is 7. The summed E-state index contributed by atoms with van der Waals surface area (Å²) in [6.45, 7) is 23.7. The Labute approximate surface area is 333 Å². The van der Waals surface area contributed by atoms with Gasteiger partial charge in [-0.2, -0.15) is 10.5 Å². The van der Waals surface area contributed by atoms with Crippen molar-refractivity contribution in [2.24, 2.45) is 0 Å². The van der Waals surface area contributed by atoms with Gasteiger partial charge in [0.25, 0.3) is 0 Å². The zero-order valence-electron chi connectivity index (χ0n) is 33.4. The lowest BCUT2D eigenvalue weighted by Gasteiger charge is -2.32. The fraction of sp³-hybridized carbons (Fsp3) is 0.611. The molecule has 0 radical (unpaired) electrons. The first-order chi connectivity index (χ1) is 25.3. The Balaban J connectivity index is 0.000000231. The Hall–Kier alpha value is -2.97. The Morgan fingerprint density at radius 2 is 0.875 bits per heavy atom. The van der Waals surface area contributed by atoms with E-state index in [1.54, 1.807) is 0 Å². The molecule has 0 atom stereocenters. The average Bonchev–Trinajstić information content (AvgIpc) is 3.47. The molecule has 20 heteroatoms. The van der Waals surface area contributed by atoms with E-state index in [1.807, 2.05) is 95.2 Å². The number of rotatable bonds is 6. The Kier molecular flexibility index (Phi) is 14.2. The molecule has 3 aliphatic heterocycles. The summed E-state index contributed by atoms with van der Waals surface area (Å²) in [7, 11) is -1.70. The number of hydrogen-bond acceptors (Lipinski definition) is 10. The minimum Gasteiger partial charge on any atom is -0.406 e. The number of hydrogen-bond donors (Lipinski definition) is 0. The van der Waals surface area contributed by atoms with Crippen LogP contribution >= 0.6 is 15.9 Å². The molecule has 0 saturated carbocycles. The van der Waals surface area contributed by atoms with Gasteiger partial charge in [-0.3, -0.25) is 0 Å².